The molecule has 0 radical (unpaired) electrons. The first kappa shape index (κ1) is 13.5. The lowest BCUT2D eigenvalue weighted by atomic mass is 10.1. The van der Waals surface area contributed by atoms with Crippen molar-refractivity contribution in [3.63, 3.8) is 0 Å². The molecule has 1 aliphatic rings. The van der Waals surface area contributed by atoms with E-state index in [4.69, 9.17) is 17.3 Å². The summed E-state index contributed by atoms with van der Waals surface area (Å²) in [5.41, 5.74) is 7.62. The molecule has 3 N–H and O–H groups in total. The molecule has 3 nitrogen and oxygen atoms in total. The quantitative estimate of drug-likeness (QED) is 0.823. The van der Waals surface area contributed by atoms with Crippen LogP contribution in [0.2, 0.25) is 5.02 Å². The molecule has 1 atom stereocenters. The maximum Gasteiger partial charge on any atom is 0.0575 e. The highest BCUT2D eigenvalue weighted by molar-refractivity contribution is 6.31. The summed E-state index contributed by atoms with van der Waals surface area (Å²) in [6, 6.07) is 6.14. The van der Waals surface area contributed by atoms with E-state index in [9.17, 15) is 0 Å². The molecule has 100 valence electrons. The van der Waals surface area contributed by atoms with Gasteiger partial charge in [-0.25, -0.2) is 0 Å². The lowest BCUT2D eigenvalue weighted by Crippen LogP contribution is -2.41. The maximum atomic E-state index is 5.93. The van der Waals surface area contributed by atoms with E-state index in [0.29, 0.717) is 16.8 Å². The minimum absolute atomic E-state index is 0.542. The van der Waals surface area contributed by atoms with Gasteiger partial charge in [0, 0.05) is 17.6 Å². The topological polar surface area (TPSA) is 41.3 Å². The number of hydrogen-bond acceptors (Lipinski definition) is 3. The highest BCUT2D eigenvalue weighted by Gasteiger charge is 2.16. The molecule has 18 heavy (non-hydrogen) atoms. The van der Waals surface area contributed by atoms with Crippen molar-refractivity contribution in [2.45, 2.75) is 32.2 Å². The molecule has 1 aliphatic heterocycles. The number of hydrogen-bond donors (Lipinski definition) is 2. The van der Waals surface area contributed by atoms with Crippen LogP contribution in [0.15, 0.2) is 18.2 Å². The van der Waals surface area contributed by atoms with Crippen LogP contribution in [0, 0.1) is 0 Å². The second kappa shape index (κ2) is 6.30. The lowest BCUT2D eigenvalue weighted by molar-refractivity contribution is 0.180. The van der Waals surface area contributed by atoms with Crippen LogP contribution in [-0.4, -0.2) is 30.6 Å². The third-order valence-electron chi connectivity index (χ3n) is 3.62. The SMILES string of the molecule is CC(CNc1ccc(Cl)cc1N)N1CCCCC1. The largest absolute Gasteiger partial charge is 0.397 e. The Kier molecular flexibility index (Phi) is 4.72. The van der Waals surface area contributed by atoms with Crippen molar-refractivity contribution in [2.24, 2.45) is 0 Å². The van der Waals surface area contributed by atoms with Crippen LogP contribution >= 0.6 is 11.6 Å². The number of nitrogens with zero attached hydrogens (tertiary/aromatic N) is 1. The normalized spacial score (nSPS) is 18.6. The Labute approximate surface area is 114 Å². The van der Waals surface area contributed by atoms with Gasteiger partial charge in [-0.15, -0.1) is 0 Å². The second-order valence-corrected chi connectivity index (χ2v) is 5.49. The van der Waals surface area contributed by atoms with Gasteiger partial charge in [-0.3, -0.25) is 4.90 Å². The minimum Gasteiger partial charge on any atom is -0.397 e. The van der Waals surface area contributed by atoms with E-state index in [1.165, 1.54) is 32.4 Å². The summed E-state index contributed by atoms with van der Waals surface area (Å²) in [6.07, 6.45) is 4.03. The van der Waals surface area contributed by atoms with Crippen molar-refractivity contribution in [3.8, 4) is 0 Å². The van der Waals surface area contributed by atoms with E-state index >= 15 is 0 Å². The van der Waals surface area contributed by atoms with Gasteiger partial charge in [-0.1, -0.05) is 18.0 Å². The van der Waals surface area contributed by atoms with Crippen molar-refractivity contribution in [1.29, 1.82) is 0 Å². The molecule has 0 aromatic heterocycles. The number of halogens is 1. The molecule has 0 bridgehead atoms. The summed E-state index contributed by atoms with van der Waals surface area (Å²) in [5.74, 6) is 0. The fourth-order valence-corrected chi connectivity index (χ4v) is 2.62. The fraction of sp³-hybridized carbons (Fsp3) is 0.571. The summed E-state index contributed by atoms with van der Waals surface area (Å²) >= 11 is 5.89. The Morgan fingerprint density at radius 2 is 2.06 bits per heavy atom. The van der Waals surface area contributed by atoms with Crippen LogP contribution in [0.25, 0.3) is 0 Å². The van der Waals surface area contributed by atoms with Crippen LogP contribution in [0.1, 0.15) is 26.2 Å². The molecule has 1 aromatic carbocycles. The van der Waals surface area contributed by atoms with Crippen LogP contribution < -0.4 is 11.1 Å². The van der Waals surface area contributed by atoms with E-state index in [1.807, 2.05) is 12.1 Å². The highest BCUT2D eigenvalue weighted by Crippen LogP contribution is 2.23. The van der Waals surface area contributed by atoms with Gasteiger partial charge in [0.25, 0.3) is 0 Å². The molecule has 1 heterocycles. The number of nitrogens with one attached hydrogen (secondary N) is 1. The molecular weight excluding hydrogens is 246 g/mol. The number of nitrogens with two attached hydrogens (primary N) is 1. The van der Waals surface area contributed by atoms with Crippen LogP contribution in [0.5, 0.6) is 0 Å². The molecule has 0 saturated carbocycles. The zero-order chi connectivity index (χ0) is 13.0. The number of benzene rings is 1. The van der Waals surface area contributed by atoms with Gasteiger partial charge < -0.3 is 11.1 Å². The molecule has 0 aliphatic carbocycles. The van der Waals surface area contributed by atoms with E-state index in [0.717, 1.165) is 12.2 Å². The predicted octanol–water partition coefficient (Wildman–Crippen LogP) is 3.21. The zero-order valence-electron chi connectivity index (χ0n) is 11.0. The molecule has 0 amide bonds. The predicted molar refractivity (Wildman–Crippen MR) is 79.2 cm³/mol. The third kappa shape index (κ3) is 3.53. The van der Waals surface area contributed by atoms with Crippen molar-refractivity contribution >= 4 is 23.0 Å². The first-order valence-corrected chi connectivity index (χ1v) is 7.07. The Hall–Kier alpha value is -0.930. The van der Waals surface area contributed by atoms with Crippen molar-refractivity contribution in [1.82, 2.24) is 4.90 Å². The summed E-state index contributed by atoms with van der Waals surface area (Å²) in [4.78, 5) is 2.54. The van der Waals surface area contributed by atoms with E-state index < -0.39 is 0 Å². The number of likely N-dealkylation sites (tertiary alicyclic amines) is 1. The first-order chi connectivity index (χ1) is 8.66. The smallest absolute Gasteiger partial charge is 0.0575 e. The standard InChI is InChI=1S/C14H22ClN3/c1-11(18-7-3-2-4-8-18)10-17-14-6-5-12(15)9-13(14)16/h5-6,9,11,17H,2-4,7-8,10,16H2,1H3. The number of piperidine rings is 1. The van der Waals surface area contributed by atoms with Gasteiger partial charge in [0.05, 0.1) is 11.4 Å². The molecule has 1 unspecified atom stereocenters. The lowest BCUT2D eigenvalue weighted by Gasteiger charge is -2.32. The third-order valence-corrected chi connectivity index (χ3v) is 3.85. The number of nitrogen functional groups attached to an aromatic ring is 1. The van der Waals surface area contributed by atoms with Gasteiger partial charge in [-0.05, 0) is 51.1 Å². The van der Waals surface area contributed by atoms with Gasteiger partial charge in [-0.2, -0.15) is 0 Å². The Morgan fingerprint density at radius 3 is 2.72 bits per heavy atom. The fourth-order valence-electron chi connectivity index (χ4n) is 2.44. The average Bonchev–Trinajstić information content (AvgIpc) is 2.38. The average molecular weight is 268 g/mol. The van der Waals surface area contributed by atoms with Gasteiger partial charge in [0.15, 0.2) is 0 Å². The highest BCUT2D eigenvalue weighted by atomic mass is 35.5. The van der Waals surface area contributed by atoms with Crippen molar-refractivity contribution in [3.05, 3.63) is 23.2 Å². The summed E-state index contributed by atoms with van der Waals surface area (Å²) in [6.45, 7) is 5.63. The van der Waals surface area contributed by atoms with Gasteiger partial charge in [0.1, 0.15) is 0 Å². The van der Waals surface area contributed by atoms with E-state index in [1.54, 1.807) is 6.07 Å². The number of anilines is 2. The van der Waals surface area contributed by atoms with E-state index in [-0.39, 0.29) is 0 Å². The molecule has 2 rings (SSSR count). The Balaban J connectivity index is 1.86. The summed E-state index contributed by atoms with van der Waals surface area (Å²) < 4.78 is 0. The van der Waals surface area contributed by atoms with Crippen LogP contribution in [-0.2, 0) is 0 Å². The molecule has 1 fully saturated rings. The monoisotopic (exact) mass is 267 g/mol. The van der Waals surface area contributed by atoms with Crippen molar-refractivity contribution in [2.75, 3.05) is 30.7 Å². The van der Waals surface area contributed by atoms with Crippen LogP contribution in [0.3, 0.4) is 0 Å². The Morgan fingerprint density at radius 1 is 1.33 bits per heavy atom. The number of rotatable bonds is 4. The van der Waals surface area contributed by atoms with Crippen LogP contribution in [0.4, 0.5) is 11.4 Å². The second-order valence-electron chi connectivity index (χ2n) is 5.06. The molecule has 0 spiro atoms. The first-order valence-electron chi connectivity index (χ1n) is 6.70. The maximum absolute atomic E-state index is 5.93. The molecular formula is C14H22ClN3. The molecule has 1 saturated heterocycles. The Bertz CT molecular complexity index is 389. The zero-order valence-corrected chi connectivity index (χ0v) is 11.7. The van der Waals surface area contributed by atoms with E-state index in [2.05, 4.69) is 17.1 Å². The summed E-state index contributed by atoms with van der Waals surface area (Å²) in [5, 5.41) is 4.09. The minimum atomic E-state index is 0.542. The van der Waals surface area contributed by atoms with Crippen molar-refractivity contribution < 1.29 is 0 Å². The van der Waals surface area contributed by atoms with Gasteiger partial charge >= 0.3 is 0 Å². The van der Waals surface area contributed by atoms with Gasteiger partial charge in [0.2, 0.25) is 0 Å². The molecule has 4 heteroatoms. The summed E-state index contributed by atoms with van der Waals surface area (Å²) in [7, 11) is 0. The molecule has 1 aromatic rings.